The number of rotatable bonds is 6. The minimum Gasteiger partial charge on any atom is -0.304 e. The Bertz CT molecular complexity index is 622. The average molecular weight is 337 g/mol. The van der Waals surface area contributed by atoms with E-state index in [0.29, 0.717) is 10.9 Å². The molecule has 2 heterocycles. The summed E-state index contributed by atoms with van der Waals surface area (Å²) >= 11 is 9.05. The number of hydrogen-bond donors (Lipinski definition) is 2. The minimum absolute atomic E-state index is 0.0424. The topological polar surface area (TPSA) is 72.2 Å². The second kappa shape index (κ2) is 6.34. The molecule has 0 radical (unpaired) electrons. The Balaban J connectivity index is 2.12. The molecule has 104 valence electrons. The van der Waals surface area contributed by atoms with Crippen LogP contribution in [0.15, 0.2) is 29.6 Å². The van der Waals surface area contributed by atoms with Gasteiger partial charge in [0.05, 0.1) is 16.1 Å². The van der Waals surface area contributed by atoms with Gasteiger partial charge in [0.15, 0.2) is 0 Å². The zero-order chi connectivity index (χ0) is 13.9. The molecule has 1 unspecified atom stereocenters. The van der Waals surface area contributed by atoms with Crippen molar-refractivity contribution in [1.82, 2.24) is 5.32 Å². The first kappa shape index (κ1) is 15.0. The minimum atomic E-state index is -3.45. The molecule has 0 bridgehead atoms. The number of hydrogen-bond acceptors (Lipinski definition) is 5. The summed E-state index contributed by atoms with van der Waals surface area (Å²) in [5.74, 6) is -0.0893. The zero-order valence-electron chi connectivity index (χ0n) is 9.87. The molecule has 0 aliphatic carbocycles. The maximum Gasteiger partial charge on any atom is 0.210 e. The molecule has 3 N–H and O–H groups in total. The van der Waals surface area contributed by atoms with Gasteiger partial charge >= 0.3 is 0 Å². The summed E-state index contributed by atoms with van der Waals surface area (Å²) in [5.41, 5.74) is 0. The van der Waals surface area contributed by atoms with E-state index in [-0.39, 0.29) is 11.8 Å². The molecule has 0 amide bonds. The normalized spacial score (nSPS) is 13.6. The van der Waals surface area contributed by atoms with Gasteiger partial charge in [-0.25, -0.2) is 13.6 Å². The van der Waals surface area contributed by atoms with Crippen LogP contribution in [-0.2, 0) is 10.0 Å². The first-order valence-corrected chi connectivity index (χ1v) is 9.27. The maximum absolute atomic E-state index is 11.0. The molecule has 0 aliphatic rings. The zero-order valence-corrected chi connectivity index (χ0v) is 13.1. The number of sulfonamides is 1. The molecule has 2 aromatic rings. The van der Waals surface area contributed by atoms with Gasteiger partial charge in [0.25, 0.3) is 0 Å². The lowest BCUT2D eigenvalue weighted by Gasteiger charge is -2.15. The Morgan fingerprint density at radius 3 is 2.63 bits per heavy atom. The van der Waals surface area contributed by atoms with Crippen molar-refractivity contribution in [2.75, 3.05) is 12.3 Å². The molecule has 0 saturated heterocycles. The fourth-order valence-corrected chi connectivity index (χ4v) is 4.08. The van der Waals surface area contributed by atoms with Gasteiger partial charge in [0.1, 0.15) is 0 Å². The van der Waals surface area contributed by atoms with E-state index < -0.39 is 10.0 Å². The first-order valence-electron chi connectivity index (χ1n) is 5.48. The van der Waals surface area contributed by atoms with Crippen LogP contribution in [0.3, 0.4) is 0 Å². The lowest BCUT2D eigenvalue weighted by atomic mass is 10.2. The van der Waals surface area contributed by atoms with Crippen LogP contribution in [-0.4, -0.2) is 20.7 Å². The number of primary sulfonamides is 1. The van der Waals surface area contributed by atoms with E-state index in [1.807, 2.05) is 29.6 Å². The molecule has 19 heavy (non-hydrogen) atoms. The summed E-state index contributed by atoms with van der Waals surface area (Å²) in [7, 11) is -3.45. The summed E-state index contributed by atoms with van der Waals surface area (Å²) in [5, 5.41) is 10.2. The van der Waals surface area contributed by atoms with Gasteiger partial charge < -0.3 is 5.32 Å². The summed E-state index contributed by atoms with van der Waals surface area (Å²) < 4.78 is 22.6. The third-order valence-corrected chi connectivity index (χ3v) is 5.45. The monoisotopic (exact) mass is 336 g/mol. The van der Waals surface area contributed by atoms with Crippen molar-refractivity contribution in [3.63, 3.8) is 0 Å². The Morgan fingerprint density at radius 2 is 2.11 bits per heavy atom. The lowest BCUT2D eigenvalue weighted by molar-refractivity contribution is 0.586. The summed E-state index contributed by atoms with van der Waals surface area (Å²) in [6.45, 7) is 0.302. The molecule has 2 rings (SSSR count). The fraction of sp³-hybridized carbons (Fsp3) is 0.273. The first-order chi connectivity index (χ1) is 8.96. The van der Waals surface area contributed by atoms with E-state index >= 15 is 0 Å². The van der Waals surface area contributed by atoms with Crippen molar-refractivity contribution < 1.29 is 8.42 Å². The number of halogens is 1. The van der Waals surface area contributed by atoms with E-state index in [1.165, 1.54) is 11.3 Å². The molecule has 2 aromatic heterocycles. The molecule has 0 spiro atoms. The van der Waals surface area contributed by atoms with Crippen LogP contribution in [0.4, 0.5) is 0 Å². The molecule has 0 aliphatic heterocycles. The van der Waals surface area contributed by atoms with Crippen molar-refractivity contribution in [1.29, 1.82) is 0 Å². The molecule has 0 saturated carbocycles. The van der Waals surface area contributed by atoms with Crippen LogP contribution < -0.4 is 10.5 Å². The average Bonchev–Trinajstić information content (AvgIpc) is 2.94. The summed E-state index contributed by atoms with van der Waals surface area (Å²) in [6, 6.07) is 7.71. The Labute approximate surface area is 125 Å². The van der Waals surface area contributed by atoms with Gasteiger partial charge in [-0.15, -0.1) is 22.7 Å². The maximum atomic E-state index is 11.0. The van der Waals surface area contributed by atoms with Crippen LogP contribution in [0.2, 0.25) is 4.34 Å². The van der Waals surface area contributed by atoms with Crippen LogP contribution in [0.5, 0.6) is 0 Å². The van der Waals surface area contributed by atoms with E-state index in [2.05, 4.69) is 5.32 Å². The second-order valence-electron chi connectivity index (χ2n) is 3.91. The predicted molar refractivity (Wildman–Crippen MR) is 81.5 cm³/mol. The van der Waals surface area contributed by atoms with Gasteiger partial charge in [-0.3, -0.25) is 0 Å². The smallest absolute Gasteiger partial charge is 0.210 e. The molecular weight excluding hydrogens is 324 g/mol. The van der Waals surface area contributed by atoms with Crippen molar-refractivity contribution in [2.24, 2.45) is 5.14 Å². The number of thiophene rings is 2. The third-order valence-electron chi connectivity index (χ3n) is 2.44. The van der Waals surface area contributed by atoms with Gasteiger partial charge in [-0.05, 0) is 23.6 Å². The van der Waals surface area contributed by atoms with Crippen LogP contribution >= 0.6 is 34.3 Å². The number of nitrogens with two attached hydrogens (primary N) is 1. The fourth-order valence-electron chi connectivity index (χ4n) is 1.63. The Kier molecular flexibility index (Phi) is 4.99. The van der Waals surface area contributed by atoms with E-state index in [9.17, 15) is 8.42 Å². The van der Waals surface area contributed by atoms with Crippen molar-refractivity contribution >= 4 is 44.3 Å². The van der Waals surface area contributed by atoms with Gasteiger partial charge in [-0.1, -0.05) is 17.7 Å². The third kappa shape index (κ3) is 4.55. The SMILES string of the molecule is NS(=O)(=O)CCNC(c1cccs1)c1ccc(Cl)s1. The second-order valence-corrected chi connectivity index (χ2v) is 8.37. The Morgan fingerprint density at radius 1 is 1.32 bits per heavy atom. The summed E-state index contributed by atoms with van der Waals surface area (Å²) in [4.78, 5) is 2.18. The molecule has 0 aromatic carbocycles. The highest BCUT2D eigenvalue weighted by molar-refractivity contribution is 7.89. The van der Waals surface area contributed by atoms with Crippen molar-refractivity contribution in [3.05, 3.63) is 43.7 Å². The van der Waals surface area contributed by atoms with Crippen LogP contribution in [0, 0.1) is 0 Å². The highest BCUT2D eigenvalue weighted by Gasteiger charge is 2.17. The van der Waals surface area contributed by atoms with Crippen molar-refractivity contribution in [2.45, 2.75) is 6.04 Å². The quantitative estimate of drug-likeness (QED) is 0.851. The molecule has 8 heteroatoms. The van der Waals surface area contributed by atoms with Gasteiger partial charge in [-0.2, -0.15) is 0 Å². The standard InChI is InChI=1S/C11H13ClN2O2S3/c12-10-4-3-9(18-10)11(8-2-1-6-17-8)14-5-7-19(13,15)16/h1-4,6,11,14H,5,7H2,(H2,13,15,16). The number of nitrogens with one attached hydrogen (secondary N) is 1. The van der Waals surface area contributed by atoms with Gasteiger partial charge in [0.2, 0.25) is 10.0 Å². The predicted octanol–water partition coefficient (Wildman–Crippen LogP) is 2.43. The van der Waals surface area contributed by atoms with Crippen LogP contribution in [0.25, 0.3) is 0 Å². The van der Waals surface area contributed by atoms with Crippen LogP contribution in [0.1, 0.15) is 15.8 Å². The Hall–Kier alpha value is -0.440. The molecule has 1 atom stereocenters. The lowest BCUT2D eigenvalue weighted by Crippen LogP contribution is -2.29. The highest BCUT2D eigenvalue weighted by atomic mass is 35.5. The van der Waals surface area contributed by atoms with E-state index in [0.717, 1.165) is 9.75 Å². The van der Waals surface area contributed by atoms with E-state index in [4.69, 9.17) is 16.7 Å². The largest absolute Gasteiger partial charge is 0.304 e. The molecule has 0 fully saturated rings. The van der Waals surface area contributed by atoms with Crippen molar-refractivity contribution in [3.8, 4) is 0 Å². The molecule has 4 nitrogen and oxygen atoms in total. The summed E-state index contributed by atoms with van der Waals surface area (Å²) in [6.07, 6.45) is 0. The highest BCUT2D eigenvalue weighted by Crippen LogP contribution is 2.32. The van der Waals surface area contributed by atoms with E-state index in [1.54, 1.807) is 11.3 Å². The molecular formula is C11H13ClN2O2S3. The van der Waals surface area contributed by atoms with Gasteiger partial charge in [0, 0.05) is 16.3 Å².